The highest BCUT2D eigenvalue weighted by molar-refractivity contribution is 7.11. The van der Waals surface area contributed by atoms with Gasteiger partial charge in [-0.15, -0.1) is 11.3 Å². The summed E-state index contributed by atoms with van der Waals surface area (Å²) in [4.78, 5) is 5.84. The van der Waals surface area contributed by atoms with E-state index in [4.69, 9.17) is 5.11 Å². The van der Waals surface area contributed by atoms with Crippen molar-refractivity contribution in [3.63, 3.8) is 0 Å². The summed E-state index contributed by atoms with van der Waals surface area (Å²) in [6.45, 7) is 7.72. The predicted octanol–water partition coefficient (Wildman–Crippen LogP) is 2.50. The predicted molar refractivity (Wildman–Crippen MR) is 87.9 cm³/mol. The normalized spacial score (nSPS) is 16.2. The number of nitrogens with one attached hydrogen (secondary N) is 1. The molecule has 2 heterocycles. The Kier molecular flexibility index (Phi) is 4.61. The lowest BCUT2D eigenvalue weighted by Gasteiger charge is -2.16. The first kappa shape index (κ1) is 15.6. The summed E-state index contributed by atoms with van der Waals surface area (Å²) in [5, 5.41) is 18.5. The van der Waals surface area contributed by atoms with Crippen LogP contribution in [0.2, 0.25) is 0 Å². The van der Waals surface area contributed by atoms with E-state index in [9.17, 15) is 0 Å². The topological polar surface area (TPSA) is 63.0 Å². The molecular formula is C16H24N4OS. The van der Waals surface area contributed by atoms with Gasteiger partial charge in [0.05, 0.1) is 24.9 Å². The third-order valence-corrected chi connectivity index (χ3v) is 5.34. The summed E-state index contributed by atoms with van der Waals surface area (Å²) in [6, 6.07) is 0.360. The molecule has 2 N–H and O–H groups in total. The maximum atomic E-state index is 9.11. The lowest BCUT2D eigenvalue weighted by atomic mass is 10.1. The zero-order valence-corrected chi connectivity index (χ0v) is 14.3. The second-order valence-electron chi connectivity index (χ2n) is 6.10. The van der Waals surface area contributed by atoms with Crippen molar-refractivity contribution in [1.29, 1.82) is 0 Å². The summed E-state index contributed by atoms with van der Waals surface area (Å²) in [7, 11) is 0. The van der Waals surface area contributed by atoms with Crippen LogP contribution in [0.15, 0.2) is 6.20 Å². The van der Waals surface area contributed by atoms with Crippen LogP contribution in [0.4, 0.5) is 0 Å². The molecule has 1 unspecified atom stereocenters. The first-order valence-corrected chi connectivity index (χ1v) is 8.71. The Hall–Kier alpha value is -1.24. The summed E-state index contributed by atoms with van der Waals surface area (Å²) in [5.41, 5.74) is 3.43. The Labute approximate surface area is 135 Å². The maximum Gasteiger partial charge on any atom is 0.110 e. The van der Waals surface area contributed by atoms with Gasteiger partial charge < -0.3 is 10.4 Å². The van der Waals surface area contributed by atoms with Gasteiger partial charge in [0.15, 0.2) is 0 Å². The second-order valence-corrected chi connectivity index (χ2v) is 7.37. The van der Waals surface area contributed by atoms with Crippen LogP contribution in [-0.4, -0.2) is 26.5 Å². The van der Waals surface area contributed by atoms with Crippen molar-refractivity contribution in [2.45, 2.75) is 52.7 Å². The van der Waals surface area contributed by atoms with Crippen molar-refractivity contribution in [1.82, 2.24) is 20.1 Å². The Morgan fingerprint density at radius 1 is 1.41 bits per heavy atom. The largest absolute Gasteiger partial charge is 0.394 e. The molecule has 3 rings (SSSR count). The van der Waals surface area contributed by atoms with Crippen molar-refractivity contribution in [2.75, 3.05) is 6.61 Å². The average molecular weight is 320 g/mol. The fourth-order valence-electron chi connectivity index (χ4n) is 2.92. The SMILES string of the molecule is Cc1cnc(C(NCc2c(C)nn(CCO)c2C)C2CC2)s1. The number of hydrogen-bond donors (Lipinski definition) is 2. The van der Waals surface area contributed by atoms with E-state index in [1.807, 2.05) is 17.8 Å². The van der Waals surface area contributed by atoms with Crippen molar-refractivity contribution in [3.05, 3.63) is 33.0 Å². The molecule has 0 saturated heterocycles. The molecule has 0 aliphatic heterocycles. The molecule has 0 spiro atoms. The Bertz CT molecular complexity index is 645. The van der Waals surface area contributed by atoms with Crippen LogP contribution in [0.25, 0.3) is 0 Å². The lowest BCUT2D eigenvalue weighted by Crippen LogP contribution is -2.23. The van der Waals surface area contributed by atoms with E-state index in [1.54, 1.807) is 11.3 Å². The first-order valence-electron chi connectivity index (χ1n) is 7.89. The number of hydrogen-bond acceptors (Lipinski definition) is 5. The number of thiazole rings is 1. The van der Waals surface area contributed by atoms with Crippen LogP contribution in [0, 0.1) is 26.7 Å². The molecule has 1 aliphatic carbocycles. The third-order valence-electron chi connectivity index (χ3n) is 4.34. The van der Waals surface area contributed by atoms with Gasteiger partial charge in [0, 0.05) is 28.9 Å². The molecule has 2 aromatic rings. The Morgan fingerprint density at radius 3 is 2.77 bits per heavy atom. The van der Waals surface area contributed by atoms with Crippen LogP contribution in [0.1, 0.15) is 45.7 Å². The number of aliphatic hydroxyl groups excluding tert-OH is 1. The van der Waals surface area contributed by atoms with Gasteiger partial charge in [0.2, 0.25) is 0 Å². The molecular weight excluding hydrogens is 296 g/mol. The molecule has 1 aliphatic rings. The molecule has 2 aromatic heterocycles. The molecule has 0 aromatic carbocycles. The van der Waals surface area contributed by atoms with Gasteiger partial charge in [0.1, 0.15) is 5.01 Å². The summed E-state index contributed by atoms with van der Waals surface area (Å²) in [6.07, 6.45) is 4.54. The van der Waals surface area contributed by atoms with Gasteiger partial charge >= 0.3 is 0 Å². The molecule has 120 valence electrons. The molecule has 5 nitrogen and oxygen atoms in total. The minimum Gasteiger partial charge on any atom is -0.394 e. The minimum absolute atomic E-state index is 0.123. The number of aliphatic hydroxyl groups is 1. The van der Waals surface area contributed by atoms with Crippen LogP contribution < -0.4 is 5.32 Å². The van der Waals surface area contributed by atoms with Gasteiger partial charge in [-0.2, -0.15) is 5.10 Å². The smallest absolute Gasteiger partial charge is 0.110 e. The third kappa shape index (κ3) is 3.24. The molecule has 22 heavy (non-hydrogen) atoms. The monoisotopic (exact) mass is 320 g/mol. The van der Waals surface area contributed by atoms with Crippen LogP contribution in [0.3, 0.4) is 0 Å². The van der Waals surface area contributed by atoms with E-state index < -0.39 is 0 Å². The maximum absolute atomic E-state index is 9.11. The first-order chi connectivity index (χ1) is 10.6. The van der Waals surface area contributed by atoms with Gasteiger partial charge in [-0.05, 0) is 39.5 Å². The molecule has 1 saturated carbocycles. The quantitative estimate of drug-likeness (QED) is 0.823. The Balaban J connectivity index is 1.73. The van der Waals surface area contributed by atoms with Crippen LogP contribution >= 0.6 is 11.3 Å². The van der Waals surface area contributed by atoms with E-state index in [1.165, 1.54) is 28.3 Å². The number of aryl methyl sites for hydroxylation is 2. The van der Waals surface area contributed by atoms with Crippen molar-refractivity contribution in [2.24, 2.45) is 5.92 Å². The van der Waals surface area contributed by atoms with E-state index in [-0.39, 0.29) is 6.61 Å². The minimum atomic E-state index is 0.123. The van der Waals surface area contributed by atoms with E-state index in [0.29, 0.717) is 12.6 Å². The lowest BCUT2D eigenvalue weighted by molar-refractivity contribution is 0.267. The summed E-state index contributed by atoms with van der Waals surface area (Å²) < 4.78 is 1.89. The fraction of sp³-hybridized carbons (Fsp3) is 0.625. The zero-order valence-electron chi connectivity index (χ0n) is 13.5. The average Bonchev–Trinajstić information content (AvgIpc) is 3.18. The van der Waals surface area contributed by atoms with Gasteiger partial charge in [-0.1, -0.05) is 0 Å². The second kappa shape index (κ2) is 6.48. The molecule has 1 fully saturated rings. The standard InChI is InChI=1S/C16H24N4OS/c1-10-8-18-16(22-10)15(13-4-5-13)17-9-14-11(2)19-20(6-7-21)12(14)3/h8,13,15,17,21H,4-7,9H2,1-3H3. The van der Waals surface area contributed by atoms with Crippen LogP contribution in [0.5, 0.6) is 0 Å². The number of nitrogens with zero attached hydrogens (tertiary/aromatic N) is 3. The summed E-state index contributed by atoms with van der Waals surface area (Å²) in [5.74, 6) is 0.721. The van der Waals surface area contributed by atoms with E-state index in [0.717, 1.165) is 23.9 Å². The highest BCUT2D eigenvalue weighted by Gasteiger charge is 2.34. The molecule has 6 heteroatoms. The van der Waals surface area contributed by atoms with Gasteiger partial charge in [-0.3, -0.25) is 4.68 Å². The fourth-order valence-corrected chi connectivity index (χ4v) is 3.86. The molecule has 0 amide bonds. The zero-order chi connectivity index (χ0) is 15.7. The molecule has 0 bridgehead atoms. The summed E-state index contributed by atoms with van der Waals surface area (Å²) >= 11 is 1.79. The van der Waals surface area contributed by atoms with Crippen molar-refractivity contribution < 1.29 is 5.11 Å². The Morgan fingerprint density at radius 2 is 2.18 bits per heavy atom. The highest BCUT2D eigenvalue weighted by atomic mass is 32.1. The number of aromatic nitrogens is 3. The van der Waals surface area contributed by atoms with E-state index >= 15 is 0 Å². The van der Waals surface area contributed by atoms with Crippen LogP contribution in [-0.2, 0) is 13.1 Å². The molecule has 0 radical (unpaired) electrons. The highest BCUT2D eigenvalue weighted by Crippen LogP contribution is 2.42. The van der Waals surface area contributed by atoms with Gasteiger partial charge in [-0.25, -0.2) is 4.98 Å². The molecule has 1 atom stereocenters. The van der Waals surface area contributed by atoms with Crippen molar-refractivity contribution in [3.8, 4) is 0 Å². The van der Waals surface area contributed by atoms with Crippen molar-refractivity contribution >= 4 is 11.3 Å². The van der Waals surface area contributed by atoms with E-state index in [2.05, 4.69) is 29.2 Å². The van der Waals surface area contributed by atoms with Gasteiger partial charge in [0.25, 0.3) is 0 Å². The number of rotatable bonds is 7.